The van der Waals surface area contributed by atoms with Crippen LogP contribution < -0.4 is 0 Å². The molecule has 1 aromatic rings. The summed E-state index contributed by atoms with van der Waals surface area (Å²) < 4.78 is 5.50. The molecule has 5 heteroatoms. The molecule has 0 bridgehead atoms. The average molecular weight is 270 g/mol. The standard InChI is InChI=1S/C13H22N2O2S/c1-13(2,3)18-8-11-14-12(17-15-11)9-6-4-5-7-10(9)16/h9-10,16H,4-8H2,1-3H3. The molecule has 0 aliphatic heterocycles. The second kappa shape index (κ2) is 5.61. The Bertz CT molecular complexity index is 387. The molecule has 1 fully saturated rings. The zero-order chi connectivity index (χ0) is 13.2. The molecule has 0 aromatic carbocycles. The average Bonchev–Trinajstić information content (AvgIpc) is 2.75. The predicted octanol–water partition coefficient (Wildman–Crippen LogP) is 3.12. The van der Waals surface area contributed by atoms with Gasteiger partial charge in [0.15, 0.2) is 5.82 Å². The van der Waals surface area contributed by atoms with E-state index in [9.17, 15) is 5.11 Å². The molecule has 0 amide bonds. The summed E-state index contributed by atoms with van der Waals surface area (Å²) in [6.07, 6.45) is 3.71. The van der Waals surface area contributed by atoms with Gasteiger partial charge in [-0.05, 0) is 12.8 Å². The van der Waals surface area contributed by atoms with Crippen LogP contribution in [0.4, 0.5) is 0 Å². The van der Waals surface area contributed by atoms with Gasteiger partial charge in [-0.2, -0.15) is 4.98 Å². The Morgan fingerprint density at radius 2 is 2.06 bits per heavy atom. The second-order valence-corrected chi connectivity index (χ2v) is 7.71. The molecular formula is C13H22N2O2S. The molecule has 2 rings (SSSR count). The number of hydrogen-bond acceptors (Lipinski definition) is 5. The zero-order valence-corrected chi connectivity index (χ0v) is 12.2. The summed E-state index contributed by atoms with van der Waals surface area (Å²) in [7, 11) is 0. The quantitative estimate of drug-likeness (QED) is 0.914. The third-order valence-corrected chi connectivity index (χ3v) is 4.43. The maximum atomic E-state index is 9.96. The van der Waals surface area contributed by atoms with Crippen LogP contribution in [0, 0.1) is 0 Å². The predicted molar refractivity (Wildman–Crippen MR) is 72.6 cm³/mol. The highest BCUT2D eigenvalue weighted by molar-refractivity contribution is 7.99. The monoisotopic (exact) mass is 270 g/mol. The Morgan fingerprint density at radius 1 is 1.33 bits per heavy atom. The normalized spacial score (nSPS) is 25.3. The Labute approximate surface area is 113 Å². The number of aliphatic hydroxyl groups excluding tert-OH is 1. The lowest BCUT2D eigenvalue weighted by molar-refractivity contribution is 0.0908. The molecule has 2 atom stereocenters. The van der Waals surface area contributed by atoms with E-state index in [0.29, 0.717) is 5.89 Å². The zero-order valence-electron chi connectivity index (χ0n) is 11.3. The van der Waals surface area contributed by atoms with Gasteiger partial charge in [-0.25, -0.2) is 0 Å². The minimum absolute atomic E-state index is 0.0413. The topological polar surface area (TPSA) is 59.2 Å². The highest BCUT2D eigenvalue weighted by Crippen LogP contribution is 2.33. The number of aromatic nitrogens is 2. The van der Waals surface area contributed by atoms with E-state index in [4.69, 9.17) is 4.52 Å². The molecule has 1 saturated carbocycles. The molecule has 1 aromatic heterocycles. The molecule has 0 radical (unpaired) electrons. The fourth-order valence-electron chi connectivity index (χ4n) is 2.16. The van der Waals surface area contributed by atoms with Crippen LogP contribution in [0.25, 0.3) is 0 Å². The molecule has 102 valence electrons. The summed E-state index contributed by atoms with van der Waals surface area (Å²) in [5, 5.41) is 14.0. The summed E-state index contributed by atoms with van der Waals surface area (Å²) in [4.78, 5) is 4.43. The summed E-state index contributed by atoms with van der Waals surface area (Å²) in [5.41, 5.74) is 0. The van der Waals surface area contributed by atoms with E-state index < -0.39 is 0 Å². The van der Waals surface area contributed by atoms with Crippen LogP contribution in [0.2, 0.25) is 0 Å². The molecule has 1 aliphatic carbocycles. The van der Waals surface area contributed by atoms with Crippen LogP contribution in [0.15, 0.2) is 4.52 Å². The van der Waals surface area contributed by atoms with E-state index in [1.54, 1.807) is 11.8 Å². The van der Waals surface area contributed by atoms with Crippen molar-refractivity contribution < 1.29 is 9.63 Å². The molecule has 18 heavy (non-hydrogen) atoms. The van der Waals surface area contributed by atoms with E-state index in [2.05, 4.69) is 30.9 Å². The van der Waals surface area contributed by atoms with Crippen LogP contribution in [0.5, 0.6) is 0 Å². The molecule has 1 N–H and O–H groups in total. The van der Waals surface area contributed by atoms with Gasteiger partial charge in [0.25, 0.3) is 0 Å². The Morgan fingerprint density at radius 3 is 2.72 bits per heavy atom. The van der Waals surface area contributed by atoms with Crippen LogP contribution in [-0.4, -0.2) is 26.1 Å². The second-order valence-electron chi connectivity index (χ2n) is 5.91. The van der Waals surface area contributed by atoms with E-state index in [0.717, 1.165) is 37.3 Å². The number of thioether (sulfide) groups is 1. The van der Waals surface area contributed by atoms with Crippen molar-refractivity contribution in [2.24, 2.45) is 0 Å². The van der Waals surface area contributed by atoms with Crippen molar-refractivity contribution in [2.75, 3.05) is 0 Å². The number of nitrogens with zero attached hydrogens (tertiary/aromatic N) is 2. The summed E-state index contributed by atoms with van der Waals surface area (Å²) in [6.45, 7) is 6.51. The highest BCUT2D eigenvalue weighted by atomic mass is 32.2. The van der Waals surface area contributed by atoms with Gasteiger partial charge in [0, 0.05) is 4.75 Å². The summed E-state index contributed by atoms with van der Waals surface area (Å²) in [5.74, 6) is 2.16. The van der Waals surface area contributed by atoms with E-state index in [1.807, 2.05) is 0 Å². The van der Waals surface area contributed by atoms with Crippen molar-refractivity contribution in [3.8, 4) is 0 Å². The third-order valence-electron chi connectivity index (χ3n) is 3.16. The van der Waals surface area contributed by atoms with Gasteiger partial charge in [-0.1, -0.05) is 38.8 Å². The molecule has 1 aliphatic rings. The number of aliphatic hydroxyl groups is 1. The van der Waals surface area contributed by atoms with Gasteiger partial charge in [0.1, 0.15) is 0 Å². The molecule has 0 spiro atoms. The van der Waals surface area contributed by atoms with Crippen LogP contribution in [0.3, 0.4) is 0 Å². The van der Waals surface area contributed by atoms with Crippen molar-refractivity contribution in [1.29, 1.82) is 0 Å². The first-order chi connectivity index (χ1) is 8.46. The Kier molecular flexibility index (Phi) is 4.33. The van der Waals surface area contributed by atoms with Gasteiger partial charge >= 0.3 is 0 Å². The highest BCUT2D eigenvalue weighted by Gasteiger charge is 2.29. The first-order valence-corrected chi connectivity index (χ1v) is 7.59. The first-order valence-electron chi connectivity index (χ1n) is 6.60. The van der Waals surface area contributed by atoms with Crippen molar-refractivity contribution in [2.45, 2.75) is 69.0 Å². The Hall–Kier alpha value is -0.550. The molecular weight excluding hydrogens is 248 g/mol. The molecule has 2 unspecified atom stereocenters. The molecule has 0 saturated heterocycles. The molecule has 4 nitrogen and oxygen atoms in total. The SMILES string of the molecule is CC(C)(C)SCc1noc(C2CCCCC2O)n1. The van der Waals surface area contributed by atoms with Crippen LogP contribution >= 0.6 is 11.8 Å². The summed E-state index contributed by atoms with van der Waals surface area (Å²) >= 11 is 1.80. The first kappa shape index (κ1) is 13.9. The number of hydrogen-bond donors (Lipinski definition) is 1. The van der Waals surface area contributed by atoms with Gasteiger partial charge < -0.3 is 9.63 Å². The smallest absolute Gasteiger partial charge is 0.232 e. The largest absolute Gasteiger partial charge is 0.392 e. The van der Waals surface area contributed by atoms with Crippen molar-refractivity contribution >= 4 is 11.8 Å². The third kappa shape index (κ3) is 3.72. The van der Waals surface area contributed by atoms with Gasteiger partial charge in [0.2, 0.25) is 5.89 Å². The maximum absolute atomic E-state index is 9.96. The lowest BCUT2D eigenvalue weighted by Gasteiger charge is -2.24. The van der Waals surface area contributed by atoms with Crippen LogP contribution in [-0.2, 0) is 5.75 Å². The van der Waals surface area contributed by atoms with E-state index in [-0.39, 0.29) is 16.8 Å². The summed E-state index contributed by atoms with van der Waals surface area (Å²) in [6, 6.07) is 0. The fourth-order valence-corrected chi connectivity index (χ4v) is 2.84. The minimum Gasteiger partial charge on any atom is -0.392 e. The lowest BCUT2D eigenvalue weighted by Crippen LogP contribution is -2.22. The van der Waals surface area contributed by atoms with E-state index >= 15 is 0 Å². The Balaban J connectivity index is 1.97. The van der Waals surface area contributed by atoms with Gasteiger partial charge in [-0.3, -0.25) is 0 Å². The van der Waals surface area contributed by atoms with Gasteiger partial charge in [0.05, 0.1) is 17.8 Å². The fraction of sp³-hybridized carbons (Fsp3) is 0.846. The van der Waals surface area contributed by atoms with Crippen molar-refractivity contribution in [3.63, 3.8) is 0 Å². The van der Waals surface area contributed by atoms with Gasteiger partial charge in [-0.15, -0.1) is 11.8 Å². The molecule has 1 heterocycles. The van der Waals surface area contributed by atoms with E-state index in [1.165, 1.54) is 0 Å². The van der Waals surface area contributed by atoms with Crippen molar-refractivity contribution in [1.82, 2.24) is 10.1 Å². The van der Waals surface area contributed by atoms with Crippen molar-refractivity contribution in [3.05, 3.63) is 11.7 Å². The number of rotatable bonds is 3. The van der Waals surface area contributed by atoms with Crippen LogP contribution in [0.1, 0.15) is 64.1 Å². The minimum atomic E-state index is -0.317. The maximum Gasteiger partial charge on any atom is 0.232 e. The lowest BCUT2D eigenvalue weighted by atomic mass is 9.86.